The summed E-state index contributed by atoms with van der Waals surface area (Å²) in [6.45, 7) is 2.57. The molecule has 0 radical (unpaired) electrons. The third-order valence-corrected chi connectivity index (χ3v) is 4.62. The number of carbonyl (C=O) groups excluding carboxylic acids is 1. The van der Waals surface area contributed by atoms with E-state index in [4.69, 9.17) is 5.73 Å². The Morgan fingerprint density at radius 2 is 2.19 bits per heavy atom. The molecule has 3 rings (SSSR count). The minimum Gasteiger partial charge on any atom is -0.361 e. The highest BCUT2D eigenvalue weighted by atomic mass is 16.1. The first kappa shape index (κ1) is 14.1. The lowest BCUT2D eigenvalue weighted by Gasteiger charge is -2.29. The van der Waals surface area contributed by atoms with E-state index in [1.54, 1.807) is 0 Å². The normalized spacial score (nSPS) is 17.6. The molecule has 0 saturated heterocycles. The number of benzene rings is 1. The Hall–Kier alpha value is -1.81. The third-order valence-electron chi connectivity index (χ3n) is 4.62. The van der Waals surface area contributed by atoms with E-state index in [9.17, 15) is 4.79 Å². The molecule has 112 valence electrons. The average molecular weight is 285 g/mol. The van der Waals surface area contributed by atoms with Crippen LogP contribution in [0.1, 0.15) is 31.7 Å². The molecule has 1 aromatic carbocycles. The van der Waals surface area contributed by atoms with Crippen LogP contribution in [0.2, 0.25) is 0 Å². The predicted octanol–water partition coefficient (Wildman–Crippen LogP) is 2.34. The second-order valence-corrected chi connectivity index (χ2v) is 6.30. The van der Waals surface area contributed by atoms with Gasteiger partial charge in [0.15, 0.2) is 0 Å². The van der Waals surface area contributed by atoms with Gasteiger partial charge >= 0.3 is 0 Å². The average Bonchev–Trinajstić information content (AvgIpc) is 3.27. The summed E-state index contributed by atoms with van der Waals surface area (Å²) in [6.07, 6.45) is 5.61. The lowest BCUT2D eigenvalue weighted by atomic mass is 9.95. The van der Waals surface area contributed by atoms with E-state index in [1.807, 2.05) is 18.3 Å². The molecule has 21 heavy (non-hydrogen) atoms. The zero-order valence-electron chi connectivity index (χ0n) is 12.5. The van der Waals surface area contributed by atoms with Crippen molar-refractivity contribution in [2.24, 2.45) is 11.7 Å². The van der Waals surface area contributed by atoms with E-state index in [-0.39, 0.29) is 11.4 Å². The number of amides is 1. The summed E-state index contributed by atoms with van der Waals surface area (Å²) >= 11 is 0. The summed E-state index contributed by atoms with van der Waals surface area (Å²) in [5.74, 6) is 0.652. The van der Waals surface area contributed by atoms with Crippen molar-refractivity contribution in [2.45, 2.75) is 38.1 Å². The highest BCUT2D eigenvalue weighted by Crippen LogP contribution is 2.39. The summed E-state index contributed by atoms with van der Waals surface area (Å²) in [4.78, 5) is 15.5. The van der Waals surface area contributed by atoms with E-state index >= 15 is 0 Å². The first-order valence-electron chi connectivity index (χ1n) is 7.68. The van der Waals surface area contributed by atoms with Gasteiger partial charge in [-0.3, -0.25) is 4.79 Å². The molecule has 4 N–H and O–H groups in total. The van der Waals surface area contributed by atoms with Crippen LogP contribution in [0.15, 0.2) is 30.5 Å². The Morgan fingerprint density at radius 3 is 2.90 bits per heavy atom. The van der Waals surface area contributed by atoms with E-state index in [2.05, 4.69) is 29.4 Å². The molecular formula is C17H23N3O. The Kier molecular flexibility index (Phi) is 3.72. The van der Waals surface area contributed by atoms with Crippen LogP contribution in [0.5, 0.6) is 0 Å². The number of aryl methyl sites for hydroxylation is 1. The Balaban J connectivity index is 1.61. The zero-order valence-corrected chi connectivity index (χ0v) is 12.5. The number of fused-ring (bicyclic) bond motifs is 1. The van der Waals surface area contributed by atoms with Crippen LogP contribution in [0.4, 0.5) is 0 Å². The smallest absolute Gasteiger partial charge is 0.220 e. The highest BCUT2D eigenvalue weighted by Gasteiger charge is 2.41. The number of nitrogens with two attached hydrogens (primary N) is 1. The third kappa shape index (κ3) is 2.95. The fourth-order valence-corrected chi connectivity index (χ4v) is 3.01. The predicted molar refractivity (Wildman–Crippen MR) is 84.9 cm³/mol. The molecule has 1 fully saturated rings. The maximum atomic E-state index is 12.2. The van der Waals surface area contributed by atoms with Gasteiger partial charge in [0.2, 0.25) is 5.91 Å². The summed E-state index contributed by atoms with van der Waals surface area (Å²) in [7, 11) is 0. The first-order valence-corrected chi connectivity index (χ1v) is 7.68. The number of aromatic nitrogens is 1. The van der Waals surface area contributed by atoms with Crippen LogP contribution in [0.25, 0.3) is 10.9 Å². The number of nitrogens with one attached hydrogen (secondary N) is 2. The second kappa shape index (κ2) is 5.53. The molecular weight excluding hydrogens is 262 g/mol. The topological polar surface area (TPSA) is 70.9 Å². The van der Waals surface area contributed by atoms with Gasteiger partial charge in [-0.15, -0.1) is 0 Å². The molecule has 4 nitrogen and oxygen atoms in total. The van der Waals surface area contributed by atoms with Gasteiger partial charge < -0.3 is 16.0 Å². The highest BCUT2D eigenvalue weighted by molar-refractivity contribution is 5.84. The number of hydrogen-bond donors (Lipinski definition) is 3. The quantitative estimate of drug-likeness (QED) is 0.762. The molecule has 1 aliphatic carbocycles. The van der Waals surface area contributed by atoms with Gasteiger partial charge in [-0.05, 0) is 43.7 Å². The molecule has 1 aromatic heterocycles. The van der Waals surface area contributed by atoms with Crippen LogP contribution in [0, 0.1) is 5.92 Å². The number of para-hydroxylation sites is 1. The minimum atomic E-state index is -0.225. The van der Waals surface area contributed by atoms with E-state index < -0.39 is 0 Å². The summed E-state index contributed by atoms with van der Waals surface area (Å²) in [6, 6.07) is 8.18. The molecule has 4 heteroatoms. The number of H-pyrrole nitrogens is 1. The minimum absolute atomic E-state index is 0.0973. The van der Waals surface area contributed by atoms with Crippen molar-refractivity contribution < 1.29 is 4.79 Å². The SMILES string of the molecule is CC(CN)(NC(=O)CCc1c[nH]c2ccccc12)C1CC1. The Labute approximate surface area is 125 Å². The summed E-state index contributed by atoms with van der Waals surface area (Å²) in [5.41, 5.74) is 7.94. The van der Waals surface area contributed by atoms with Gasteiger partial charge in [0.1, 0.15) is 0 Å². The number of hydrogen-bond acceptors (Lipinski definition) is 2. The van der Waals surface area contributed by atoms with Gasteiger partial charge in [-0.25, -0.2) is 0 Å². The van der Waals surface area contributed by atoms with Gasteiger partial charge in [0.05, 0.1) is 5.54 Å². The molecule has 0 bridgehead atoms. The van der Waals surface area contributed by atoms with E-state index in [0.29, 0.717) is 18.9 Å². The van der Waals surface area contributed by atoms with Crippen molar-refractivity contribution in [1.29, 1.82) is 0 Å². The Morgan fingerprint density at radius 1 is 1.43 bits per heavy atom. The van der Waals surface area contributed by atoms with Gasteiger partial charge in [0.25, 0.3) is 0 Å². The Bertz CT molecular complexity index is 644. The fraction of sp³-hybridized carbons (Fsp3) is 0.471. The van der Waals surface area contributed by atoms with Crippen molar-refractivity contribution in [2.75, 3.05) is 6.54 Å². The molecule has 1 amide bonds. The first-order chi connectivity index (χ1) is 10.1. The molecule has 1 atom stereocenters. The lowest BCUT2D eigenvalue weighted by molar-refractivity contribution is -0.123. The number of carbonyl (C=O) groups is 1. The van der Waals surface area contributed by atoms with Crippen LogP contribution in [0.3, 0.4) is 0 Å². The maximum absolute atomic E-state index is 12.2. The van der Waals surface area contributed by atoms with Crippen LogP contribution in [-0.2, 0) is 11.2 Å². The molecule has 1 saturated carbocycles. The molecule has 2 aromatic rings. The standard InChI is InChI=1S/C17H23N3O/c1-17(11-18,13-7-8-13)20-16(21)9-6-12-10-19-15-5-3-2-4-14(12)15/h2-5,10,13,19H,6-9,11,18H2,1H3,(H,20,21). The van der Waals surface area contributed by atoms with Crippen LogP contribution >= 0.6 is 0 Å². The van der Waals surface area contributed by atoms with Crippen LogP contribution in [-0.4, -0.2) is 23.0 Å². The van der Waals surface area contributed by atoms with Gasteiger partial charge in [-0.1, -0.05) is 18.2 Å². The molecule has 1 aliphatic rings. The van der Waals surface area contributed by atoms with Crippen molar-refractivity contribution in [3.8, 4) is 0 Å². The maximum Gasteiger partial charge on any atom is 0.220 e. The van der Waals surface area contributed by atoms with Crippen molar-refractivity contribution in [1.82, 2.24) is 10.3 Å². The van der Waals surface area contributed by atoms with E-state index in [1.165, 1.54) is 23.8 Å². The molecule has 1 unspecified atom stereocenters. The monoisotopic (exact) mass is 285 g/mol. The summed E-state index contributed by atoms with van der Waals surface area (Å²) in [5, 5.41) is 4.34. The molecule has 0 aliphatic heterocycles. The summed E-state index contributed by atoms with van der Waals surface area (Å²) < 4.78 is 0. The lowest BCUT2D eigenvalue weighted by Crippen LogP contribution is -2.53. The number of aromatic amines is 1. The second-order valence-electron chi connectivity index (χ2n) is 6.30. The van der Waals surface area contributed by atoms with Gasteiger partial charge in [-0.2, -0.15) is 0 Å². The fourth-order valence-electron chi connectivity index (χ4n) is 3.01. The van der Waals surface area contributed by atoms with Crippen molar-refractivity contribution >= 4 is 16.8 Å². The van der Waals surface area contributed by atoms with Gasteiger partial charge in [0, 0.05) is 30.1 Å². The van der Waals surface area contributed by atoms with Crippen molar-refractivity contribution in [3.63, 3.8) is 0 Å². The molecule has 1 heterocycles. The number of rotatable bonds is 6. The van der Waals surface area contributed by atoms with Crippen molar-refractivity contribution in [3.05, 3.63) is 36.0 Å². The largest absolute Gasteiger partial charge is 0.361 e. The zero-order chi connectivity index (χ0) is 14.9. The molecule has 0 spiro atoms. The van der Waals surface area contributed by atoms with Crippen LogP contribution < -0.4 is 11.1 Å². The van der Waals surface area contributed by atoms with E-state index in [0.717, 1.165) is 11.9 Å².